The Morgan fingerprint density at radius 1 is 1.00 bits per heavy atom. The molecule has 1 heterocycles. The molecule has 1 aromatic heterocycles. The molecule has 140 valence electrons. The molecule has 2 aromatic carbocycles. The van der Waals surface area contributed by atoms with Crippen LogP contribution < -0.4 is 19.6 Å². The Labute approximate surface area is 156 Å². The van der Waals surface area contributed by atoms with Crippen molar-refractivity contribution in [2.24, 2.45) is 0 Å². The van der Waals surface area contributed by atoms with E-state index in [-0.39, 0.29) is 11.4 Å². The Morgan fingerprint density at radius 2 is 1.74 bits per heavy atom. The molecule has 0 unspecified atom stereocenters. The van der Waals surface area contributed by atoms with Crippen LogP contribution >= 0.6 is 0 Å². The third kappa shape index (κ3) is 4.11. The molecule has 3 rings (SSSR count). The summed E-state index contributed by atoms with van der Waals surface area (Å²) in [4.78, 5) is 23.7. The fourth-order valence-corrected chi connectivity index (χ4v) is 2.91. The largest absolute Gasteiger partial charge is 0.496 e. The van der Waals surface area contributed by atoms with Crippen molar-refractivity contribution in [2.75, 3.05) is 14.2 Å². The maximum Gasteiger partial charge on any atom is 0.308 e. The molecule has 0 N–H and O–H groups in total. The number of fused-ring (bicyclic) bond motifs is 1. The number of hydrogen-bond acceptors (Lipinski definition) is 6. The zero-order valence-corrected chi connectivity index (χ0v) is 15.4. The van der Waals surface area contributed by atoms with E-state index in [2.05, 4.69) is 0 Å². The molecule has 0 bridgehead atoms. The highest BCUT2D eigenvalue weighted by Crippen LogP contribution is 2.31. The van der Waals surface area contributed by atoms with Crippen molar-refractivity contribution in [3.63, 3.8) is 0 Å². The molecule has 0 fully saturated rings. The number of benzene rings is 2. The van der Waals surface area contributed by atoms with Gasteiger partial charge in [-0.1, -0.05) is 12.1 Å². The molecule has 0 amide bonds. The van der Waals surface area contributed by atoms with Gasteiger partial charge in [0.05, 0.1) is 14.2 Å². The van der Waals surface area contributed by atoms with Crippen molar-refractivity contribution in [3.05, 3.63) is 64.0 Å². The van der Waals surface area contributed by atoms with Crippen molar-refractivity contribution in [1.82, 2.24) is 0 Å². The van der Waals surface area contributed by atoms with E-state index in [0.717, 1.165) is 5.56 Å². The van der Waals surface area contributed by atoms with Gasteiger partial charge in [-0.2, -0.15) is 0 Å². The fraction of sp³-hybridized carbons (Fsp3) is 0.238. The second-order valence-electron chi connectivity index (χ2n) is 5.99. The van der Waals surface area contributed by atoms with E-state index in [1.165, 1.54) is 27.2 Å². The Kier molecular flexibility index (Phi) is 5.45. The predicted octanol–water partition coefficient (Wildman–Crippen LogP) is 3.52. The van der Waals surface area contributed by atoms with Crippen LogP contribution in [0.15, 0.2) is 51.7 Å². The zero-order valence-electron chi connectivity index (χ0n) is 15.4. The van der Waals surface area contributed by atoms with E-state index in [1.54, 1.807) is 24.3 Å². The van der Waals surface area contributed by atoms with Crippen molar-refractivity contribution < 1.29 is 23.4 Å². The third-order valence-corrected chi connectivity index (χ3v) is 4.11. The molecule has 0 saturated heterocycles. The van der Waals surface area contributed by atoms with Crippen LogP contribution in [0.5, 0.6) is 17.2 Å². The monoisotopic (exact) mass is 368 g/mol. The summed E-state index contributed by atoms with van der Waals surface area (Å²) < 4.78 is 21.6. The minimum Gasteiger partial charge on any atom is -0.496 e. The smallest absolute Gasteiger partial charge is 0.308 e. The molecular weight excluding hydrogens is 348 g/mol. The lowest BCUT2D eigenvalue weighted by molar-refractivity contribution is -0.131. The summed E-state index contributed by atoms with van der Waals surface area (Å²) in [5.74, 6) is 1.58. The Morgan fingerprint density at radius 3 is 2.44 bits per heavy atom. The number of carbonyl (C=O) groups is 1. The second-order valence-corrected chi connectivity index (χ2v) is 5.99. The Balaban J connectivity index is 1.90. The summed E-state index contributed by atoms with van der Waals surface area (Å²) in [7, 11) is 3.03. The van der Waals surface area contributed by atoms with Gasteiger partial charge in [0, 0.05) is 19.4 Å². The van der Waals surface area contributed by atoms with Gasteiger partial charge in [0.2, 0.25) is 0 Å². The van der Waals surface area contributed by atoms with E-state index < -0.39 is 0 Å². The molecule has 6 heteroatoms. The van der Waals surface area contributed by atoms with Crippen LogP contribution in [0.4, 0.5) is 0 Å². The van der Waals surface area contributed by atoms with Crippen LogP contribution in [-0.2, 0) is 17.6 Å². The Bertz CT molecular complexity index is 1030. The maximum absolute atomic E-state index is 12.6. The number of hydrogen-bond donors (Lipinski definition) is 0. The Hall–Kier alpha value is -3.28. The average Bonchev–Trinajstić information content (AvgIpc) is 2.65. The van der Waals surface area contributed by atoms with E-state index in [0.29, 0.717) is 46.8 Å². The number of carbonyl (C=O) groups excluding carboxylic acids is 1. The summed E-state index contributed by atoms with van der Waals surface area (Å²) in [5, 5.41) is 0.359. The van der Waals surface area contributed by atoms with Crippen molar-refractivity contribution >= 4 is 16.9 Å². The first kappa shape index (κ1) is 18.5. The minimum absolute atomic E-state index is 0.185. The maximum atomic E-state index is 12.6. The summed E-state index contributed by atoms with van der Waals surface area (Å²) in [6, 6.07) is 12.1. The van der Waals surface area contributed by atoms with Gasteiger partial charge in [0.25, 0.3) is 0 Å². The lowest BCUT2D eigenvalue weighted by Crippen LogP contribution is -2.06. The van der Waals surface area contributed by atoms with Gasteiger partial charge in [-0.15, -0.1) is 0 Å². The molecule has 27 heavy (non-hydrogen) atoms. The number of methoxy groups -OCH3 is 2. The van der Waals surface area contributed by atoms with E-state index in [9.17, 15) is 9.59 Å². The quantitative estimate of drug-likeness (QED) is 0.489. The zero-order chi connectivity index (χ0) is 19.4. The number of esters is 1. The van der Waals surface area contributed by atoms with Gasteiger partial charge in [0.15, 0.2) is 16.8 Å². The van der Waals surface area contributed by atoms with Crippen LogP contribution in [0.1, 0.15) is 18.2 Å². The van der Waals surface area contributed by atoms with E-state index >= 15 is 0 Å². The molecular formula is C21H20O6. The standard InChI is InChI=1S/C21H20O6/c1-13(22)26-15-6-4-5-14(11-15)7-8-16-12-17(23)20-18(24-2)9-10-19(25-3)21(20)27-16/h4-6,9-12H,7-8H2,1-3H3. The summed E-state index contributed by atoms with van der Waals surface area (Å²) in [6.07, 6.45) is 1.13. The van der Waals surface area contributed by atoms with Crippen LogP contribution in [-0.4, -0.2) is 20.2 Å². The van der Waals surface area contributed by atoms with Crippen molar-refractivity contribution in [3.8, 4) is 17.2 Å². The van der Waals surface area contributed by atoms with Gasteiger partial charge < -0.3 is 18.6 Å². The first-order valence-electron chi connectivity index (χ1n) is 8.47. The number of rotatable bonds is 6. The molecule has 0 spiro atoms. The van der Waals surface area contributed by atoms with Crippen molar-refractivity contribution in [2.45, 2.75) is 19.8 Å². The fourth-order valence-electron chi connectivity index (χ4n) is 2.91. The molecule has 0 aliphatic heterocycles. The molecule has 0 aliphatic rings. The topological polar surface area (TPSA) is 75.0 Å². The average molecular weight is 368 g/mol. The van der Waals surface area contributed by atoms with Gasteiger partial charge in [0.1, 0.15) is 22.6 Å². The molecule has 0 radical (unpaired) electrons. The van der Waals surface area contributed by atoms with Gasteiger partial charge in [-0.05, 0) is 36.2 Å². The molecule has 3 aromatic rings. The first-order valence-corrected chi connectivity index (χ1v) is 8.47. The molecule has 0 atom stereocenters. The number of ether oxygens (including phenoxy) is 3. The third-order valence-electron chi connectivity index (χ3n) is 4.11. The highest BCUT2D eigenvalue weighted by molar-refractivity contribution is 5.88. The van der Waals surface area contributed by atoms with Crippen molar-refractivity contribution in [1.29, 1.82) is 0 Å². The number of aryl methyl sites for hydroxylation is 2. The van der Waals surface area contributed by atoms with Crippen LogP contribution in [0.2, 0.25) is 0 Å². The highest BCUT2D eigenvalue weighted by atomic mass is 16.5. The highest BCUT2D eigenvalue weighted by Gasteiger charge is 2.15. The first-order chi connectivity index (χ1) is 13.0. The van der Waals surface area contributed by atoms with E-state index in [4.69, 9.17) is 18.6 Å². The van der Waals surface area contributed by atoms with E-state index in [1.807, 2.05) is 12.1 Å². The lowest BCUT2D eigenvalue weighted by atomic mass is 10.1. The van der Waals surface area contributed by atoms with Gasteiger partial charge in [-0.25, -0.2) is 0 Å². The molecule has 6 nitrogen and oxygen atoms in total. The summed E-state index contributed by atoms with van der Waals surface area (Å²) in [5.41, 5.74) is 1.15. The SMILES string of the molecule is COc1ccc(OC)c2c(=O)cc(CCc3cccc(OC(C)=O)c3)oc12. The molecule has 0 saturated carbocycles. The predicted molar refractivity (Wildman–Crippen MR) is 101 cm³/mol. The van der Waals surface area contributed by atoms with Crippen LogP contribution in [0.25, 0.3) is 11.0 Å². The lowest BCUT2D eigenvalue weighted by Gasteiger charge is -2.10. The van der Waals surface area contributed by atoms with Gasteiger partial charge in [-0.3, -0.25) is 9.59 Å². The molecule has 0 aliphatic carbocycles. The minimum atomic E-state index is -0.367. The van der Waals surface area contributed by atoms with Gasteiger partial charge >= 0.3 is 5.97 Å². The van der Waals surface area contributed by atoms with Crippen LogP contribution in [0.3, 0.4) is 0 Å². The second kappa shape index (κ2) is 7.95. The normalized spacial score (nSPS) is 10.6. The summed E-state index contributed by atoms with van der Waals surface area (Å²) >= 11 is 0. The van der Waals surface area contributed by atoms with Crippen LogP contribution in [0, 0.1) is 0 Å². The summed E-state index contributed by atoms with van der Waals surface area (Å²) in [6.45, 7) is 1.36.